The number of sulfonamides is 1. The van der Waals surface area contributed by atoms with Crippen LogP contribution in [0.2, 0.25) is 0 Å². The zero-order valence-corrected chi connectivity index (χ0v) is 12.2. The van der Waals surface area contributed by atoms with Crippen molar-refractivity contribution in [2.75, 3.05) is 12.4 Å². The van der Waals surface area contributed by atoms with Crippen molar-refractivity contribution in [3.8, 4) is 0 Å². The van der Waals surface area contributed by atoms with E-state index >= 15 is 0 Å². The van der Waals surface area contributed by atoms with E-state index in [1.807, 2.05) is 31.2 Å². The second-order valence-electron chi connectivity index (χ2n) is 4.44. The van der Waals surface area contributed by atoms with Gasteiger partial charge < -0.3 is 5.32 Å². The van der Waals surface area contributed by atoms with Gasteiger partial charge in [-0.25, -0.2) is 18.1 Å². The van der Waals surface area contributed by atoms with Crippen LogP contribution in [0.3, 0.4) is 0 Å². The monoisotopic (exact) mass is 291 g/mol. The molecule has 20 heavy (non-hydrogen) atoms. The van der Waals surface area contributed by atoms with Gasteiger partial charge >= 0.3 is 0 Å². The maximum atomic E-state index is 12.1. The van der Waals surface area contributed by atoms with Crippen molar-refractivity contribution < 1.29 is 8.42 Å². The Kier molecular flexibility index (Phi) is 4.36. The van der Waals surface area contributed by atoms with Gasteiger partial charge in [-0.3, -0.25) is 0 Å². The molecule has 2 rings (SSSR count). The Hall–Kier alpha value is -1.92. The third-order valence-corrected chi connectivity index (χ3v) is 4.24. The molecule has 1 heterocycles. The fourth-order valence-electron chi connectivity index (χ4n) is 1.77. The van der Waals surface area contributed by atoms with Crippen molar-refractivity contribution in [3.63, 3.8) is 0 Å². The van der Waals surface area contributed by atoms with Gasteiger partial charge in [-0.2, -0.15) is 0 Å². The molecule has 0 saturated heterocycles. The van der Waals surface area contributed by atoms with E-state index in [1.54, 1.807) is 13.1 Å². The molecule has 2 aromatic rings. The molecule has 0 radical (unpaired) electrons. The number of hydrogen-bond acceptors (Lipinski definition) is 4. The summed E-state index contributed by atoms with van der Waals surface area (Å²) in [5.74, 6) is 0.627. The molecule has 0 atom stereocenters. The first-order chi connectivity index (χ1) is 9.51. The Morgan fingerprint density at radius 3 is 2.60 bits per heavy atom. The molecule has 106 valence electrons. The molecule has 5 nitrogen and oxygen atoms in total. The molecule has 0 saturated carbocycles. The number of pyridine rings is 1. The lowest BCUT2D eigenvalue weighted by molar-refractivity contribution is 0.581. The molecule has 0 aliphatic rings. The minimum Gasteiger partial charge on any atom is -0.373 e. The van der Waals surface area contributed by atoms with Crippen LogP contribution in [0.5, 0.6) is 0 Å². The van der Waals surface area contributed by atoms with Gasteiger partial charge in [-0.15, -0.1) is 0 Å². The first kappa shape index (κ1) is 14.5. The number of nitrogens with one attached hydrogen (secondary N) is 2. The SMILES string of the molecule is CNc1ccc(S(=O)(=O)NCc2cccc(C)c2)cn1. The fourth-order valence-corrected chi connectivity index (χ4v) is 2.73. The van der Waals surface area contributed by atoms with Gasteiger partial charge in [0.1, 0.15) is 10.7 Å². The van der Waals surface area contributed by atoms with E-state index in [9.17, 15) is 8.42 Å². The lowest BCUT2D eigenvalue weighted by atomic mass is 10.1. The molecular formula is C14H17N3O2S. The van der Waals surface area contributed by atoms with E-state index in [0.717, 1.165) is 11.1 Å². The summed E-state index contributed by atoms with van der Waals surface area (Å²) in [5.41, 5.74) is 2.02. The topological polar surface area (TPSA) is 71.1 Å². The quantitative estimate of drug-likeness (QED) is 0.883. The maximum Gasteiger partial charge on any atom is 0.242 e. The van der Waals surface area contributed by atoms with E-state index in [1.165, 1.54) is 12.3 Å². The molecule has 0 aliphatic carbocycles. The zero-order valence-electron chi connectivity index (χ0n) is 11.4. The van der Waals surface area contributed by atoms with E-state index in [0.29, 0.717) is 5.82 Å². The van der Waals surface area contributed by atoms with Gasteiger partial charge in [0.05, 0.1) is 0 Å². The van der Waals surface area contributed by atoms with Crippen LogP contribution in [0.1, 0.15) is 11.1 Å². The zero-order chi connectivity index (χ0) is 14.6. The largest absolute Gasteiger partial charge is 0.373 e. The summed E-state index contributed by atoms with van der Waals surface area (Å²) in [6.07, 6.45) is 1.34. The van der Waals surface area contributed by atoms with Gasteiger partial charge in [-0.05, 0) is 24.6 Å². The Morgan fingerprint density at radius 2 is 2.00 bits per heavy atom. The summed E-state index contributed by atoms with van der Waals surface area (Å²) in [5, 5.41) is 2.84. The molecule has 2 N–H and O–H groups in total. The van der Waals surface area contributed by atoms with Crippen LogP contribution in [-0.2, 0) is 16.6 Å². The first-order valence-electron chi connectivity index (χ1n) is 6.20. The minimum atomic E-state index is -3.54. The molecule has 1 aromatic carbocycles. The lowest BCUT2D eigenvalue weighted by Crippen LogP contribution is -2.23. The minimum absolute atomic E-state index is 0.157. The number of aryl methyl sites for hydroxylation is 1. The maximum absolute atomic E-state index is 12.1. The molecule has 0 bridgehead atoms. The molecule has 0 amide bonds. The van der Waals surface area contributed by atoms with Crippen molar-refractivity contribution >= 4 is 15.8 Å². The molecule has 0 fully saturated rings. The Labute approximate surface area is 119 Å². The smallest absolute Gasteiger partial charge is 0.242 e. The number of rotatable bonds is 5. The second kappa shape index (κ2) is 6.02. The van der Waals surface area contributed by atoms with Crippen LogP contribution in [-0.4, -0.2) is 20.4 Å². The number of hydrogen-bond donors (Lipinski definition) is 2. The van der Waals surface area contributed by atoms with Crippen molar-refractivity contribution in [1.82, 2.24) is 9.71 Å². The molecule has 0 unspecified atom stereocenters. The van der Waals surface area contributed by atoms with Crippen LogP contribution >= 0.6 is 0 Å². The summed E-state index contributed by atoms with van der Waals surface area (Å²) >= 11 is 0. The van der Waals surface area contributed by atoms with Crippen molar-refractivity contribution in [2.45, 2.75) is 18.4 Å². The van der Waals surface area contributed by atoms with E-state index in [-0.39, 0.29) is 11.4 Å². The van der Waals surface area contributed by atoms with Crippen molar-refractivity contribution in [3.05, 3.63) is 53.7 Å². The van der Waals surface area contributed by atoms with Crippen molar-refractivity contribution in [1.29, 1.82) is 0 Å². The summed E-state index contributed by atoms with van der Waals surface area (Å²) in [6, 6.07) is 10.9. The first-order valence-corrected chi connectivity index (χ1v) is 7.68. The van der Waals surface area contributed by atoms with E-state index in [2.05, 4.69) is 15.0 Å². The fraction of sp³-hybridized carbons (Fsp3) is 0.214. The number of aromatic nitrogens is 1. The average molecular weight is 291 g/mol. The third kappa shape index (κ3) is 3.55. The van der Waals surface area contributed by atoms with Gasteiger partial charge in [0.15, 0.2) is 0 Å². The molecule has 1 aromatic heterocycles. The lowest BCUT2D eigenvalue weighted by Gasteiger charge is -2.08. The highest BCUT2D eigenvalue weighted by atomic mass is 32.2. The summed E-state index contributed by atoms with van der Waals surface area (Å²) < 4.78 is 26.8. The predicted molar refractivity (Wildman–Crippen MR) is 79.0 cm³/mol. The molecule has 0 spiro atoms. The van der Waals surface area contributed by atoms with Gasteiger partial charge in [0.25, 0.3) is 0 Å². The Morgan fingerprint density at radius 1 is 1.20 bits per heavy atom. The highest BCUT2D eigenvalue weighted by Gasteiger charge is 2.13. The Bertz CT molecular complexity index is 682. The highest BCUT2D eigenvalue weighted by molar-refractivity contribution is 7.89. The normalized spacial score (nSPS) is 11.3. The number of benzene rings is 1. The van der Waals surface area contributed by atoms with E-state index in [4.69, 9.17) is 0 Å². The average Bonchev–Trinajstić information content (AvgIpc) is 2.45. The summed E-state index contributed by atoms with van der Waals surface area (Å²) in [7, 11) is -1.81. The summed E-state index contributed by atoms with van der Waals surface area (Å²) in [4.78, 5) is 4.16. The van der Waals surface area contributed by atoms with Gasteiger partial charge in [0.2, 0.25) is 10.0 Å². The highest BCUT2D eigenvalue weighted by Crippen LogP contribution is 2.11. The predicted octanol–water partition coefficient (Wildman–Crippen LogP) is 1.91. The van der Waals surface area contributed by atoms with Crippen LogP contribution < -0.4 is 10.0 Å². The molecule has 0 aliphatic heterocycles. The number of anilines is 1. The molecule has 6 heteroatoms. The van der Waals surface area contributed by atoms with Gasteiger partial charge in [-0.1, -0.05) is 29.8 Å². The third-order valence-electron chi connectivity index (χ3n) is 2.85. The van der Waals surface area contributed by atoms with Crippen LogP contribution in [0.4, 0.5) is 5.82 Å². The summed E-state index contributed by atoms with van der Waals surface area (Å²) in [6.45, 7) is 2.23. The van der Waals surface area contributed by atoms with Crippen LogP contribution in [0.25, 0.3) is 0 Å². The Balaban J connectivity index is 2.10. The van der Waals surface area contributed by atoms with Crippen molar-refractivity contribution in [2.24, 2.45) is 0 Å². The number of nitrogens with zero attached hydrogens (tertiary/aromatic N) is 1. The molecular weight excluding hydrogens is 274 g/mol. The standard InChI is InChI=1S/C14H17N3O2S/c1-11-4-3-5-12(8-11)9-17-20(18,19)13-6-7-14(15-2)16-10-13/h3-8,10,17H,9H2,1-2H3,(H,15,16). The van der Waals surface area contributed by atoms with Gasteiger partial charge in [0, 0.05) is 19.8 Å². The van der Waals surface area contributed by atoms with Crippen LogP contribution in [0.15, 0.2) is 47.5 Å². The van der Waals surface area contributed by atoms with E-state index < -0.39 is 10.0 Å². The van der Waals surface area contributed by atoms with Crippen LogP contribution in [0, 0.1) is 6.92 Å². The second-order valence-corrected chi connectivity index (χ2v) is 6.21.